The van der Waals surface area contributed by atoms with Gasteiger partial charge in [-0.1, -0.05) is 0 Å². The Balaban J connectivity index is 2.86. The minimum absolute atomic E-state index is 0.581. The van der Waals surface area contributed by atoms with E-state index in [2.05, 4.69) is 0 Å². The molecule has 1 fully saturated rings. The van der Waals surface area contributed by atoms with Gasteiger partial charge in [0.25, 0.3) is 0 Å². The lowest BCUT2D eigenvalue weighted by Gasteiger charge is -2.24. The molecule has 0 aromatic carbocycles. The Morgan fingerprint density at radius 2 is 2.17 bits per heavy atom. The highest BCUT2D eigenvalue weighted by molar-refractivity contribution is 6.12. The van der Waals surface area contributed by atoms with Crippen molar-refractivity contribution >= 4 is 14.1 Å². The van der Waals surface area contributed by atoms with Gasteiger partial charge in [-0.15, -0.1) is 0 Å². The predicted molar refractivity (Wildman–Crippen MR) is 41.2 cm³/mol. The van der Waals surface area contributed by atoms with E-state index >= 15 is 0 Å². The van der Waals surface area contributed by atoms with E-state index in [-0.39, 0.29) is 0 Å². The molecule has 6 heteroatoms. The van der Waals surface area contributed by atoms with Crippen LogP contribution >= 0.6 is 0 Å². The maximum absolute atomic E-state index is 9.31. The number of aliphatic hydroxyl groups is 3. The number of nitrogens with one attached hydrogen (secondary N) is 1. The smallest absolute Gasteiger partial charge is 0.153 e. The average molecular weight is 171 g/mol. The summed E-state index contributed by atoms with van der Waals surface area (Å²) in [5.41, 5.74) is -1.54. The van der Waals surface area contributed by atoms with Crippen LogP contribution in [0.15, 0.2) is 0 Å². The zero-order valence-corrected chi connectivity index (χ0v) is 6.34. The molecule has 0 aliphatic carbocycles. The summed E-state index contributed by atoms with van der Waals surface area (Å²) in [7, 11) is 5.25. The van der Waals surface area contributed by atoms with Crippen molar-refractivity contribution in [3.05, 3.63) is 0 Å². The van der Waals surface area contributed by atoms with Gasteiger partial charge in [-0.25, -0.2) is 0 Å². The number of ether oxygens (including phenoxy) is 1. The molecule has 0 aromatic rings. The molecule has 0 spiro atoms. The van der Waals surface area contributed by atoms with Crippen molar-refractivity contribution in [1.29, 1.82) is 5.41 Å². The number of hydrogen-bond acceptors (Lipinski definition) is 5. The number of rotatable bonds is 2. The Hall–Kier alpha value is -0.425. The normalized spacial score (nSPS) is 47.8. The molecule has 12 heavy (non-hydrogen) atoms. The van der Waals surface area contributed by atoms with Crippen LogP contribution in [0.1, 0.15) is 0 Å². The third-order valence-electron chi connectivity index (χ3n) is 2.01. The van der Waals surface area contributed by atoms with Gasteiger partial charge in [0.05, 0.1) is 6.61 Å². The first-order chi connectivity index (χ1) is 5.57. The summed E-state index contributed by atoms with van der Waals surface area (Å²) in [6, 6.07) is -1.06. The standard InChI is InChI=1S/C6H10BNO4/c7-5-3(10)4(11)6(1-8,2-9)12-5/h1,3-5,8-11H,2H2/t3-,4+,5-,6-/m1/s1. The zero-order chi connectivity index (χ0) is 9.35. The van der Waals surface area contributed by atoms with Gasteiger partial charge in [-0.3, -0.25) is 0 Å². The average Bonchev–Trinajstić information content (AvgIpc) is 2.30. The molecule has 4 atom stereocenters. The topological polar surface area (TPSA) is 93.8 Å². The molecule has 1 aliphatic rings. The first kappa shape index (κ1) is 9.66. The molecule has 0 bridgehead atoms. The van der Waals surface area contributed by atoms with E-state index in [1.807, 2.05) is 0 Å². The van der Waals surface area contributed by atoms with Crippen LogP contribution < -0.4 is 0 Å². The molecule has 1 saturated heterocycles. The molecule has 0 unspecified atom stereocenters. The molecule has 1 rings (SSSR count). The van der Waals surface area contributed by atoms with E-state index in [0.29, 0.717) is 0 Å². The van der Waals surface area contributed by atoms with Gasteiger partial charge < -0.3 is 25.5 Å². The van der Waals surface area contributed by atoms with Crippen molar-refractivity contribution in [2.45, 2.75) is 23.8 Å². The van der Waals surface area contributed by atoms with Gasteiger partial charge >= 0.3 is 0 Å². The quantitative estimate of drug-likeness (QED) is 0.275. The lowest BCUT2D eigenvalue weighted by molar-refractivity contribution is -0.0482. The van der Waals surface area contributed by atoms with E-state index in [1.54, 1.807) is 0 Å². The predicted octanol–water partition coefficient (Wildman–Crippen LogP) is -2.39. The molecule has 1 aliphatic heterocycles. The van der Waals surface area contributed by atoms with Crippen LogP contribution in [0.2, 0.25) is 0 Å². The van der Waals surface area contributed by atoms with Crippen molar-refractivity contribution in [3.63, 3.8) is 0 Å². The third kappa shape index (κ3) is 1.17. The fourth-order valence-electron chi connectivity index (χ4n) is 1.16. The third-order valence-corrected chi connectivity index (χ3v) is 2.01. The van der Waals surface area contributed by atoms with Crippen LogP contribution in [0.25, 0.3) is 0 Å². The largest absolute Gasteiger partial charge is 0.393 e. The van der Waals surface area contributed by atoms with Crippen LogP contribution in [0.5, 0.6) is 0 Å². The van der Waals surface area contributed by atoms with Crippen LogP contribution in [0, 0.1) is 5.41 Å². The second kappa shape index (κ2) is 3.14. The lowest BCUT2D eigenvalue weighted by Crippen LogP contribution is -2.47. The minimum Gasteiger partial charge on any atom is -0.393 e. The summed E-state index contributed by atoms with van der Waals surface area (Å²) in [6.07, 6.45) is -1.87. The molecule has 0 saturated carbocycles. The Kier molecular flexibility index (Phi) is 2.53. The Morgan fingerprint density at radius 3 is 2.33 bits per heavy atom. The highest BCUT2D eigenvalue weighted by atomic mass is 16.6. The summed E-state index contributed by atoms with van der Waals surface area (Å²) < 4.78 is 4.86. The Bertz CT molecular complexity index is 190. The monoisotopic (exact) mass is 171 g/mol. The van der Waals surface area contributed by atoms with Crippen molar-refractivity contribution in [2.75, 3.05) is 6.61 Å². The molecule has 4 N–H and O–H groups in total. The molecular formula is C6H10BNO4. The van der Waals surface area contributed by atoms with Crippen molar-refractivity contribution in [3.8, 4) is 0 Å². The van der Waals surface area contributed by atoms with Crippen molar-refractivity contribution in [1.82, 2.24) is 0 Å². The van der Waals surface area contributed by atoms with Gasteiger partial charge in [0.2, 0.25) is 0 Å². The summed E-state index contributed by atoms with van der Waals surface area (Å²) in [5, 5.41) is 34.2. The van der Waals surface area contributed by atoms with Gasteiger partial charge in [0, 0.05) is 12.2 Å². The van der Waals surface area contributed by atoms with E-state index < -0.39 is 30.4 Å². The maximum atomic E-state index is 9.31. The summed E-state index contributed by atoms with van der Waals surface area (Å²) in [6.45, 7) is -0.581. The maximum Gasteiger partial charge on any atom is 0.153 e. The van der Waals surface area contributed by atoms with Crippen LogP contribution in [0.4, 0.5) is 0 Å². The van der Waals surface area contributed by atoms with Gasteiger partial charge in [0.15, 0.2) is 5.60 Å². The fraction of sp³-hybridized carbons (Fsp3) is 0.833. The first-order valence-electron chi connectivity index (χ1n) is 3.49. The van der Waals surface area contributed by atoms with E-state index in [4.69, 9.17) is 28.2 Å². The van der Waals surface area contributed by atoms with Crippen LogP contribution in [-0.2, 0) is 4.74 Å². The van der Waals surface area contributed by atoms with Gasteiger partial charge in [-0.2, -0.15) is 0 Å². The second-order valence-electron chi connectivity index (χ2n) is 2.78. The van der Waals surface area contributed by atoms with E-state index in [0.717, 1.165) is 6.21 Å². The molecule has 0 aromatic heterocycles. The van der Waals surface area contributed by atoms with Gasteiger partial charge in [-0.05, 0) is 0 Å². The zero-order valence-electron chi connectivity index (χ0n) is 6.34. The molecule has 5 nitrogen and oxygen atoms in total. The SMILES string of the molecule is [B][C@@H]1O[C@](C=N)(CO)[C@@H](O)[C@H]1O. The Morgan fingerprint density at radius 1 is 1.58 bits per heavy atom. The van der Waals surface area contributed by atoms with Gasteiger partial charge in [0.1, 0.15) is 20.1 Å². The molecule has 0 amide bonds. The fourth-order valence-corrected chi connectivity index (χ4v) is 1.16. The number of hydrogen-bond donors (Lipinski definition) is 4. The second-order valence-corrected chi connectivity index (χ2v) is 2.78. The molecule has 1 heterocycles. The van der Waals surface area contributed by atoms with Crippen molar-refractivity contribution in [2.24, 2.45) is 0 Å². The van der Waals surface area contributed by atoms with Crippen LogP contribution in [0.3, 0.4) is 0 Å². The number of aliphatic hydroxyl groups excluding tert-OH is 3. The molecular weight excluding hydrogens is 161 g/mol. The Labute approximate surface area is 70.9 Å². The summed E-state index contributed by atoms with van der Waals surface area (Å²) in [5.74, 6) is 0. The summed E-state index contributed by atoms with van der Waals surface area (Å²) >= 11 is 0. The van der Waals surface area contributed by atoms with Crippen LogP contribution in [-0.4, -0.2) is 59.8 Å². The minimum atomic E-state index is -1.54. The van der Waals surface area contributed by atoms with Crippen molar-refractivity contribution < 1.29 is 20.1 Å². The van der Waals surface area contributed by atoms with E-state index in [9.17, 15) is 5.11 Å². The lowest BCUT2D eigenvalue weighted by atomic mass is 9.90. The molecule has 2 radical (unpaired) electrons. The highest BCUT2D eigenvalue weighted by Gasteiger charge is 2.50. The van der Waals surface area contributed by atoms with E-state index in [1.165, 1.54) is 0 Å². The molecule has 66 valence electrons. The summed E-state index contributed by atoms with van der Waals surface area (Å²) in [4.78, 5) is 0. The first-order valence-corrected chi connectivity index (χ1v) is 3.49. The highest BCUT2D eigenvalue weighted by Crippen LogP contribution is 2.27.